The van der Waals surface area contributed by atoms with Crippen LogP contribution >= 0.6 is 0 Å². The molecule has 27 heavy (non-hydrogen) atoms. The van der Waals surface area contributed by atoms with Crippen molar-refractivity contribution in [2.75, 3.05) is 13.1 Å². The number of hydrogen-bond acceptors (Lipinski definition) is 4. The number of hydrogen-bond donors (Lipinski definition) is 1. The van der Waals surface area contributed by atoms with Gasteiger partial charge >= 0.3 is 0 Å². The smallest absolute Gasteiger partial charge is 0.145 e. The molecule has 2 aromatic rings. The molecule has 0 saturated heterocycles. The number of rotatable bonds is 9. The Morgan fingerprint density at radius 2 is 2.04 bits per heavy atom. The van der Waals surface area contributed by atoms with E-state index in [1.54, 1.807) is 12.1 Å². The zero-order valence-electron chi connectivity index (χ0n) is 15.7. The molecule has 0 amide bonds. The quantitative estimate of drug-likeness (QED) is 0.726. The summed E-state index contributed by atoms with van der Waals surface area (Å²) in [7, 11) is 0. The number of benzene rings is 2. The van der Waals surface area contributed by atoms with Gasteiger partial charge in [0.15, 0.2) is 0 Å². The van der Waals surface area contributed by atoms with Crippen molar-refractivity contribution in [1.29, 1.82) is 0 Å². The summed E-state index contributed by atoms with van der Waals surface area (Å²) in [5.41, 5.74) is 2.91. The van der Waals surface area contributed by atoms with Crippen LogP contribution in [0.4, 0.5) is 4.39 Å². The van der Waals surface area contributed by atoms with Crippen molar-refractivity contribution in [3.05, 3.63) is 71.5 Å². The van der Waals surface area contributed by atoms with Gasteiger partial charge in [0.1, 0.15) is 11.9 Å². The van der Waals surface area contributed by atoms with Crippen LogP contribution in [0.15, 0.2) is 59.8 Å². The average molecular weight is 370 g/mol. The van der Waals surface area contributed by atoms with Gasteiger partial charge in [-0.05, 0) is 29.7 Å². The molecule has 2 atom stereocenters. The molecule has 144 valence electrons. The highest BCUT2D eigenvalue weighted by Gasteiger charge is 2.25. The summed E-state index contributed by atoms with van der Waals surface area (Å²) in [6.07, 6.45) is 1.93. The molecule has 3 rings (SSSR count). The van der Waals surface area contributed by atoms with Crippen molar-refractivity contribution in [1.82, 2.24) is 4.90 Å². The average Bonchev–Trinajstić information content (AvgIpc) is 3.11. The molecule has 0 spiro atoms. The van der Waals surface area contributed by atoms with Crippen LogP contribution in [0, 0.1) is 5.82 Å². The molecule has 0 bridgehead atoms. The van der Waals surface area contributed by atoms with Gasteiger partial charge in [-0.15, -0.1) is 0 Å². The predicted molar refractivity (Wildman–Crippen MR) is 105 cm³/mol. The molecule has 4 nitrogen and oxygen atoms in total. The first kappa shape index (κ1) is 19.5. The summed E-state index contributed by atoms with van der Waals surface area (Å²) < 4.78 is 13.5. The summed E-state index contributed by atoms with van der Waals surface area (Å²) in [5.74, 6) is -0.242. The Labute approximate surface area is 160 Å². The second-order valence-electron chi connectivity index (χ2n) is 7.10. The monoisotopic (exact) mass is 370 g/mol. The number of aliphatic hydroxyl groups is 1. The van der Waals surface area contributed by atoms with Crippen molar-refractivity contribution in [2.24, 2.45) is 5.16 Å². The summed E-state index contributed by atoms with van der Waals surface area (Å²) >= 11 is 0. The molecule has 0 fully saturated rings. The fourth-order valence-corrected chi connectivity index (χ4v) is 3.44. The fourth-order valence-electron chi connectivity index (χ4n) is 3.44. The van der Waals surface area contributed by atoms with Crippen molar-refractivity contribution < 1.29 is 14.3 Å². The largest absolute Gasteiger partial charge is 0.392 e. The van der Waals surface area contributed by atoms with E-state index in [4.69, 9.17) is 4.84 Å². The van der Waals surface area contributed by atoms with Crippen LogP contribution in [0.25, 0.3) is 0 Å². The van der Waals surface area contributed by atoms with Gasteiger partial charge in [-0.2, -0.15) is 0 Å². The minimum absolute atomic E-state index is 0.0670. The Morgan fingerprint density at radius 1 is 1.22 bits per heavy atom. The molecule has 0 aliphatic carbocycles. The van der Waals surface area contributed by atoms with Crippen LogP contribution < -0.4 is 0 Å². The molecule has 1 aliphatic heterocycles. The van der Waals surface area contributed by atoms with Crippen molar-refractivity contribution in [3.8, 4) is 0 Å². The third-order valence-corrected chi connectivity index (χ3v) is 4.69. The molecule has 0 saturated carbocycles. The summed E-state index contributed by atoms with van der Waals surface area (Å²) in [4.78, 5) is 7.77. The second kappa shape index (κ2) is 9.62. The fraction of sp³-hybridized carbons (Fsp3) is 0.409. The van der Waals surface area contributed by atoms with Crippen molar-refractivity contribution in [3.63, 3.8) is 0 Å². The van der Waals surface area contributed by atoms with Gasteiger partial charge in [0.2, 0.25) is 0 Å². The molecular weight excluding hydrogens is 343 g/mol. The van der Waals surface area contributed by atoms with Gasteiger partial charge in [-0.3, -0.25) is 4.90 Å². The number of nitrogens with zero attached hydrogens (tertiary/aromatic N) is 2. The van der Waals surface area contributed by atoms with Gasteiger partial charge in [0, 0.05) is 26.1 Å². The number of aliphatic hydroxyl groups excluding tert-OH is 1. The van der Waals surface area contributed by atoms with Crippen LogP contribution in [0.3, 0.4) is 0 Å². The Bertz CT molecular complexity index is 751. The highest BCUT2D eigenvalue weighted by atomic mass is 19.1. The molecule has 0 radical (unpaired) electrons. The molecule has 5 heteroatoms. The van der Waals surface area contributed by atoms with E-state index in [0.29, 0.717) is 19.6 Å². The first-order valence-electron chi connectivity index (χ1n) is 9.57. The van der Waals surface area contributed by atoms with E-state index in [1.165, 1.54) is 6.07 Å². The minimum atomic E-state index is -0.403. The third-order valence-electron chi connectivity index (χ3n) is 4.69. The second-order valence-corrected chi connectivity index (χ2v) is 7.10. The summed E-state index contributed by atoms with van der Waals surface area (Å²) in [5, 5.41) is 14.5. The van der Waals surface area contributed by atoms with Crippen LogP contribution in [-0.4, -0.2) is 41.0 Å². The molecule has 1 N–H and O–H groups in total. The normalized spacial score (nSPS) is 17.6. The van der Waals surface area contributed by atoms with E-state index >= 15 is 0 Å². The lowest BCUT2D eigenvalue weighted by Gasteiger charge is -2.27. The zero-order valence-corrected chi connectivity index (χ0v) is 15.7. The highest BCUT2D eigenvalue weighted by Crippen LogP contribution is 2.19. The SMILES string of the molecule is CCC[C@@H](O)CN(Cc1cccc(F)c1)C[C@@H]1CC(c2ccccc2)=NO1. The van der Waals surface area contributed by atoms with Crippen molar-refractivity contribution >= 4 is 5.71 Å². The first-order valence-corrected chi connectivity index (χ1v) is 9.57. The van der Waals surface area contributed by atoms with Gasteiger partial charge in [-0.25, -0.2) is 4.39 Å². The maximum atomic E-state index is 13.5. The topological polar surface area (TPSA) is 45.1 Å². The van der Waals surface area contributed by atoms with Crippen molar-refractivity contribution in [2.45, 2.75) is 44.9 Å². The maximum Gasteiger partial charge on any atom is 0.145 e. The lowest BCUT2D eigenvalue weighted by molar-refractivity contribution is 0.0305. The van der Waals surface area contributed by atoms with E-state index < -0.39 is 6.10 Å². The number of oxime groups is 1. The Kier molecular flexibility index (Phi) is 6.96. The van der Waals surface area contributed by atoms with Gasteiger partial charge in [0.25, 0.3) is 0 Å². The Hall–Kier alpha value is -2.24. The first-order chi connectivity index (χ1) is 13.1. The number of halogens is 1. The van der Waals surface area contributed by atoms with E-state index in [2.05, 4.69) is 17.0 Å². The van der Waals surface area contributed by atoms with Gasteiger partial charge in [-0.1, -0.05) is 61.0 Å². The van der Waals surface area contributed by atoms with Crippen LogP contribution in [0.1, 0.15) is 37.3 Å². The standard InChI is InChI=1S/C22H27FN2O2/c1-2-7-20(26)15-25(14-17-8-6-11-19(23)12-17)16-21-13-22(24-27-21)18-9-4-3-5-10-18/h3-6,8-12,20-21,26H,2,7,13-16H2,1H3/t20-,21+/m1/s1. The summed E-state index contributed by atoms with van der Waals surface area (Å²) in [6, 6.07) is 16.6. The zero-order chi connectivity index (χ0) is 19.1. The highest BCUT2D eigenvalue weighted by molar-refractivity contribution is 6.01. The van der Waals surface area contributed by atoms with E-state index in [-0.39, 0.29) is 11.9 Å². The minimum Gasteiger partial charge on any atom is -0.392 e. The van der Waals surface area contributed by atoms with Crippen LogP contribution in [0.5, 0.6) is 0 Å². The molecule has 2 aromatic carbocycles. The third kappa shape index (κ3) is 5.88. The van der Waals surface area contributed by atoms with Gasteiger partial charge < -0.3 is 9.94 Å². The molecular formula is C22H27FN2O2. The summed E-state index contributed by atoms with van der Waals surface area (Å²) in [6.45, 7) is 3.79. The lowest BCUT2D eigenvalue weighted by Crippen LogP contribution is -2.37. The molecule has 1 heterocycles. The Balaban J connectivity index is 1.63. The Morgan fingerprint density at radius 3 is 2.78 bits per heavy atom. The maximum absolute atomic E-state index is 13.5. The van der Waals surface area contributed by atoms with E-state index in [1.807, 2.05) is 36.4 Å². The van der Waals surface area contributed by atoms with E-state index in [0.717, 1.165) is 36.1 Å². The van der Waals surface area contributed by atoms with E-state index in [9.17, 15) is 9.50 Å². The predicted octanol–water partition coefficient (Wildman–Crippen LogP) is 3.98. The van der Waals surface area contributed by atoms with Crippen LogP contribution in [0.2, 0.25) is 0 Å². The lowest BCUT2D eigenvalue weighted by atomic mass is 10.0. The molecule has 1 aliphatic rings. The van der Waals surface area contributed by atoms with Gasteiger partial charge in [0.05, 0.1) is 11.8 Å². The molecule has 0 aromatic heterocycles. The molecule has 0 unspecified atom stereocenters. The van der Waals surface area contributed by atoms with Crippen LogP contribution in [-0.2, 0) is 11.4 Å².